The number of nitrogens with one attached hydrogen (secondary N) is 1. The average molecular weight is 323 g/mol. The molecule has 1 saturated carbocycles. The fourth-order valence-corrected chi connectivity index (χ4v) is 2.61. The topological polar surface area (TPSA) is 72.9 Å². The van der Waals surface area contributed by atoms with Gasteiger partial charge >= 0.3 is 0 Å². The molecule has 1 amide bonds. The Morgan fingerprint density at radius 1 is 1.45 bits per heavy atom. The predicted octanol–water partition coefficient (Wildman–Crippen LogP) is 1.92. The highest BCUT2D eigenvalue weighted by atomic mass is 35.5. The van der Waals surface area contributed by atoms with Gasteiger partial charge in [0, 0.05) is 18.4 Å². The van der Waals surface area contributed by atoms with Gasteiger partial charge in [-0.2, -0.15) is 5.10 Å². The Kier molecular flexibility index (Phi) is 8.85. The van der Waals surface area contributed by atoms with E-state index in [0.29, 0.717) is 12.5 Å². The number of halogens is 2. The average Bonchev–Trinajstić information content (AvgIpc) is 2.92. The van der Waals surface area contributed by atoms with E-state index < -0.39 is 0 Å². The molecule has 1 aliphatic rings. The molecule has 1 heterocycles. The number of rotatable bonds is 4. The summed E-state index contributed by atoms with van der Waals surface area (Å²) in [5.41, 5.74) is 5.77. The maximum Gasteiger partial charge on any atom is 0.244 e. The molecule has 0 aromatic carbocycles. The van der Waals surface area contributed by atoms with Crippen LogP contribution in [0.25, 0.3) is 0 Å². The van der Waals surface area contributed by atoms with E-state index in [0.717, 1.165) is 12.8 Å². The van der Waals surface area contributed by atoms with Crippen molar-refractivity contribution in [3.05, 3.63) is 18.5 Å². The summed E-state index contributed by atoms with van der Waals surface area (Å²) in [6.45, 7) is 2.52. The first-order valence-electron chi connectivity index (χ1n) is 6.72. The predicted molar refractivity (Wildman–Crippen MR) is 84.4 cm³/mol. The molecule has 0 radical (unpaired) electrons. The van der Waals surface area contributed by atoms with Gasteiger partial charge in [0.2, 0.25) is 5.91 Å². The smallest absolute Gasteiger partial charge is 0.244 e. The van der Waals surface area contributed by atoms with E-state index in [1.807, 2.05) is 19.2 Å². The van der Waals surface area contributed by atoms with Crippen LogP contribution in [0.1, 0.15) is 38.6 Å². The van der Waals surface area contributed by atoms with Crippen LogP contribution in [-0.4, -0.2) is 28.3 Å². The molecule has 5 nitrogen and oxygen atoms in total. The summed E-state index contributed by atoms with van der Waals surface area (Å²) in [5, 5.41) is 7.23. The lowest BCUT2D eigenvalue weighted by molar-refractivity contribution is -0.125. The zero-order valence-corrected chi connectivity index (χ0v) is 13.3. The standard InChI is InChI=1S/C13H22N4O.2ClH/c1-10(17-8-4-7-15-17)13(18)16-12-6-3-2-5-11(12)9-14;;/h4,7-8,10-12H,2-3,5-6,9,14H2,1H3,(H,16,18);2*1H. The summed E-state index contributed by atoms with van der Waals surface area (Å²) in [6.07, 6.45) is 8.07. The number of carbonyl (C=O) groups excluding carboxylic acids is 1. The summed E-state index contributed by atoms with van der Waals surface area (Å²) >= 11 is 0. The number of hydrogen-bond acceptors (Lipinski definition) is 3. The van der Waals surface area contributed by atoms with Crippen molar-refractivity contribution >= 4 is 30.7 Å². The second-order valence-corrected chi connectivity index (χ2v) is 5.06. The normalized spacial score (nSPS) is 23.1. The number of nitrogens with two attached hydrogens (primary N) is 1. The minimum atomic E-state index is -0.264. The number of carbonyl (C=O) groups is 1. The molecule has 2 rings (SSSR count). The van der Waals surface area contributed by atoms with Crippen LogP contribution in [0.4, 0.5) is 0 Å². The van der Waals surface area contributed by atoms with Gasteiger partial charge in [0.1, 0.15) is 6.04 Å². The molecule has 3 N–H and O–H groups in total. The van der Waals surface area contributed by atoms with Gasteiger partial charge in [-0.3, -0.25) is 9.48 Å². The van der Waals surface area contributed by atoms with Crippen molar-refractivity contribution in [3.8, 4) is 0 Å². The van der Waals surface area contributed by atoms with E-state index in [9.17, 15) is 4.79 Å². The molecular weight excluding hydrogens is 299 g/mol. The second-order valence-electron chi connectivity index (χ2n) is 5.06. The van der Waals surface area contributed by atoms with E-state index in [1.165, 1.54) is 12.8 Å². The van der Waals surface area contributed by atoms with Gasteiger partial charge in [0.15, 0.2) is 0 Å². The summed E-state index contributed by atoms with van der Waals surface area (Å²) in [7, 11) is 0. The molecule has 7 heteroatoms. The number of nitrogens with zero attached hydrogens (tertiary/aromatic N) is 2. The van der Waals surface area contributed by atoms with Crippen LogP contribution in [0.3, 0.4) is 0 Å². The van der Waals surface area contributed by atoms with E-state index in [2.05, 4.69) is 10.4 Å². The molecule has 0 aliphatic heterocycles. The Labute approximate surface area is 132 Å². The van der Waals surface area contributed by atoms with Crippen molar-refractivity contribution in [2.75, 3.05) is 6.54 Å². The van der Waals surface area contributed by atoms with Crippen molar-refractivity contribution in [1.82, 2.24) is 15.1 Å². The fraction of sp³-hybridized carbons (Fsp3) is 0.692. The molecule has 0 saturated heterocycles. The Bertz CT molecular complexity index is 386. The SMILES string of the molecule is CC(C(=O)NC1CCCCC1CN)n1cccn1.Cl.Cl. The number of amides is 1. The van der Waals surface area contributed by atoms with Gasteiger partial charge in [-0.15, -0.1) is 24.8 Å². The maximum atomic E-state index is 12.2. The van der Waals surface area contributed by atoms with Crippen molar-refractivity contribution < 1.29 is 4.79 Å². The second kappa shape index (κ2) is 9.21. The minimum Gasteiger partial charge on any atom is -0.351 e. The Hall–Kier alpha value is -0.780. The van der Waals surface area contributed by atoms with Crippen molar-refractivity contribution in [3.63, 3.8) is 0 Å². The van der Waals surface area contributed by atoms with Crippen LogP contribution in [0.5, 0.6) is 0 Å². The molecule has 0 bridgehead atoms. The molecule has 1 aliphatic carbocycles. The third-order valence-corrected chi connectivity index (χ3v) is 3.84. The number of aromatic nitrogens is 2. The Morgan fingerprint density at radius 3 is 2.75 bits per heavy atom. The van der Waals surface area contributed by atoms with Crippen LogP contribution in [-0.2, 0) is 4.79 Å². The first kappa shape index (κ1) is 19.2. The lowest BCUT2D eigenvalue weighted by Crippen LogP contribution is -2.46. The van der Waals surface area contributed by atoms with Gasteiger partial charge in [-0.25, -0.2) is 0 Å². The zero-order chi connectivity index (χ0) is 13.0. The van der Waals surface area contributed by atoms with Gasteiger partial charge in [-0.1, -0.05) is 12.8 Å². The third kappa shape index (κ3) is 4.65. The molecule has 3 atom stereocenters. The highest BCUT2D eigenvalue weighted by Crippen LogP contribution is 2.24. The third-order valence-electron chi connectivity index (χ3n) is 3.84. The number of hydrogen-bond donors (Lipinski definition) is 2. The molecule has 1 aromatic rings. The van der Waals surface area contributed by atoms with Gasteiger partial charge in [0.25, 0.3) is 0 Å². The maximum absolute atomic E-state index is 12.2. The van der Waals surface area contributed by atoms with Gasteiger partial charge in [-0.05, 0) is 38.3 Å². The fourth-order valence-electron chi connectivity index (χ4n) is 2.61. The summed E-state index contributed by atoms with van der Waals surface area (Å²) < 4.78 is 1.68. The molecular formula is C13H24Cl2N4O. The first-order chi connectivity index (χ1) is 8.72. The van der Waals surface area contributed by atoms with E-state index in [4.69, 9.17) is 5.73 Å². The first-order valence-corrected chi connectivity index (χ1v) is 6.72. The Balaban J connectivity index is 0.00000180. The lowest BCUT2D eigenvalue weighted by Gasteiger charge is -2.32. The van der Waals surface area contributed by atoms with Gasteiger partial charge in [0.05, 0.1) is 0 Å². The van der Waals surface area contributed by atoms with Crippen LogP contribution in [0.2, 0.25) is 0 Å². The lowest BCUT2D eigenvalue weighted by atomic mass is 9.84. The van der Waals surface area contributed by atoms with Crippen molar-refractivity contribution in [1.29, 1.82) is 0 Å². The summed E-state index contributed by atoms with van der Waals surface area (Å²) in [4.78, 5) is 12.2. The monoisotopic (exact) mass is 322 g/mol. The van der Waals surface area contributed by atoms with Gasteiger partial charge < -0.3 is 11.1 Å². The van der Waals surface area contributed by atoms with E-state index >= 15 is 0 Å². The van der Waals surface area contributed by atoms with Crippen molar-refractivity contribution in [2.24, 2.45) is 11.7 Å². The molecule has 1 aromatic heterocycles. The largest absolute Gasteiger partial charge is 0.351 e. The summed E-state index contributed by atoms with van der Waals surface area (Å²) in [5.74, 6) is 0.455. The van der Waals surface area contributed by atoms with Crippen LogP contribution in [0.15, 0.2) is 18.5 Å². The minimum absolute atomic E-state index is 0. The highest BCUT2D eigenvalue weighted by molar-refractivity contribution is 5.85. The molecule has 0 spiro atoms. The van der Waals surface area contributed by atoms with Crippen molar-refractivity contribution in [2.45, 2.75) is 44.7 Å². The molecule has 20 heavy (non-hydrogen) atoms. The Morgan fingerprint density at radius 2 is 2.15 bits per heavy atom. The van der Waals surface area contributed by atoms with Crippen LogP contribution >= 0.6 is 24.8 Å². The van der Waals surface area contributed by atoms with Crippen LogP contribution in [0, 0.1) is 5.92 Å². The molecule has 3 unspecified atom stereocenters. The summed E-state index contributed by atoms with van der Waals surface area (Å²) in [6, 6.07) is 1.79. The van der Waals surface area contributed by atoms with E-state index in [1.54, 1.807) is 10.9 Å². The zero-order valence-electron chi connectivity index (χ0n) is 11.7. The van der Waals surface area contributed by atoms with E-state index in [-0.39, 0.29) is 42.8 Å². The molecule has 116 valence electrons. The highest BCUT2D eigenvalue weighted by Gasteiger charge is 2.27. The quantitative estimate of drug-likeness (QED) is 0.889. The molecule has 1 fully saturated rings. The van der Waals surface area contributed by atoms with Crippen LogP contribution < -0.4 is 11.1 Å².